The molecule has 2 aromatic heterocycles. The summed E-state index contributed by atoms with van der Waals surface area (Å²) in [5.41, 5.74) is 1.45. The highest BCUT2D eigenvalue weighted by Gasteiger charge is 2.45. The molecule has 0 atom stereocenters. The Hall–Kier alpha value is -3.09. The molecule has 0 spiro atoms. The number of rotatable bonds is 5. The van der Waals surface area contributed by atoms with E-state index in [1.807, 2.05) is 12.1 Å². The highest BCUT2D eigenvalue weighted by Crippen LogP contribution is 2.35. The third-order valence-corrected chi connectivity index (χ3v) is 8.51. The summed E-state index contributed by atoms with van der Waals surface area (Å²) in [5, 5.41) is 12.6. The lowest BCUT2D eigenvalue weighted by atomic mass is 9.88. The second-order valence-corrected chi connectivity index (χ2v) is 12.1. The molecule has 2 aliphatic rings. The van der Waals surface area contributed by atoms with Gasteiger partial charge in [-0.25, -0.2) is 13.4 Å². The summed E-state index contributed by atoms with van der Waals surface area (Å²) < 4.78 is 22.9. The Balaban J connectivity index is 0.000000210. The van der Waals surface area contributed by atoms with Crippen LogP contribution in [0.1, 0.15) is 46.4 Å². The average molecular weight is 511 g/mol. The van der Waals surface area contributed by atoms with Gasteiger partial charge in [0.05, 0.1) is 15.8 Å². The molecule has 7 nitrogen and oxygen atoms in total. The molecule has 0 saturated heterocycles. The molecule has 0 radical (unpaired) electrons. The Bertz CT molecular complexity index is 1310. The lowest BCUT2D eigenvalue weighted by molar-refractivity contribution is -0.126. The normalized spacial score (nSPS) is 16.9. The zero-order valence-electron chi connectivity index (χ0n) is 19.6. The molecule has 184 valence electrons. The molecule has 9 heteroatoms. The first-order valence-corrected chi connectivity index (χ1v) is 14.4. The van der Waals surface area contributed by atoms with Crippen LogP contribution >= 0.6 is 11.3 Å². The summed E-state index contributed by atoms with van der Waals surface area (Å²) in [4.78, 5) is 21.5. The van der Waals surface area contributed by atoms with Crippen LogP contribution in [-0.2, 0) is 14.6 Å². The number of amides is 1. The minimum Gasteiger partial charge on any atom is -0.338 e. The summed E-state index contributed by atoms with van der Waals surface area (Å²) in [6, 6.07) is 12.9. The van der Waals surface area contributed by atoms with Crippen LogP contribution in [-0.4, -0.2) is 36.1 Å². The second kappa shape index (κ2) is 10.7. The van der Waals surface area contributed by atoms with Gasteiger partial charge in [-0.15, -0.1) is 11.3 Å². The smallest absolute Gasteiger partial charge is 0.224 e. The summed E-state index contributed by atoms with van der Waals surface area (Å²) in [6.45, 7) is 0. The molecule has 1 N–H and O–H groups in total. The van der Waals surface area contributed by atoms with Gasteiger partial charge in [0, 0.05) is 37.8 Å². The Labute approximate surface area is 211 Å². The van der Waals surface area contributed by atoms with Crippen molar-refractivity contribution in [1.29, 1.82) is 5.26 Å². The molecule has 0 unspecified atom stereocenters. The van der Waals surface area contributed by atoms with Gasteiger partial charge in [0.1, 0.15) is 10.5 Å². The lowest BCUT2D eigenvalue weighted by Gasteiger charge is -2.22. The van der Waals surface area contributed by atoms with Crippen LogP contribution in [0.5, 0.6) is 0 Å². The quantitative estimate of drug-likeness (QED) is 0.501. The van der Waals surface area contributed by atoms with Crippen LogP contribution in [0.25, 0.3) is 21.0 Å². The Morgan fingerprint density at radius 1 is 1.11 bits per heavy atom. The summed E-state index contributed by atoms with van der Waals surface area (Å²) in [7, 11) is -3.16. The van der Waals surface area contributed by atoms with Crippen molar-refractivity contribution < 1.29 is 14.6 Å². The minimum absolute atomic E-state index is 0. The van der Waals surface area contributed by atoms with Crippen LogP contribution in [0.4, 0.5) is 0 Å². The van der Waals surface area contributed by atoms with Gasteiger partial charge in [-0.1, -0.05) is 31.4 Å². The Morgan fingerprint density at radius 3 is 2.40 bits per heavy atom. The van der Waals surface area contributed by atoms with E-state index in [9.17, 15) is 13.2 Å². The molecule has 0 aliphatic heterocycles. The van der Waals surface area contributed by atoms with Crippen LogP contribution in [0.3, 0.4) is 0 Å². The minimum atomic E-state index is -3.16. The van der Waals surface area contributed by atoms with Crippen molar-refractivity contribution in [2.75, 3.05) is 6.26 Å². The number of carbonyl (C=O) groups is 1. The van der Waals surface area contributed by atoms with E-state index in [1.165, 1.54) is 12.7 Å². The molecule has 2 aliphatic carbocycles. The largest absolute Gasteiger partial charge is 0.338 e. The van der Waals surface area contributed by atoms with Gasteiger partial charge >= 0.3 is 0 Å². The number of nitriles is 1. The number of pyridine rings is 1. The monoisotopic (exact) mass is 510 g/mol. The highest BCUT2D eigenvalue weighted by molar-refractivity contribution is 7.90. The predicted octanol–water partition coefficient (Wildman–Crippen LogP) is 5.26. The number of sulfone groups is 1. The van der Waals surface area contributed by atoms with Gasteiger partial charge in [0.2, 0.25) is 5.91 Å². The molecule has 0 bridgehead atoms. The lowest BCUT2D eigenvalue weighted by Crippen LogP contribution is -2.40. The Morgan fingerprint density at radius 2 is 1.83 bits per heavy atom. The molecule has 1 amide bonds. The van der Waals surface area contributed by atoms with E-state index in [4.69, 9.17) is 5.26 Å². The fraction of sp³-hybridized carbons (Fsp3) is 0.385. The number of aromatic nitrogens is 2. The SMILES string of the molecule is CS(=O)(=O)c1ccc(-c2cnc(-c3cccnc3)s2)cc1.N#CC1(NC(=O)C2CCCCC2)CC1.[HH]. The van der Waals surface area contributed by atoms with E-state index in [0.717, 1.165) is 59.5 Å². The van der Waals surface area contributed by atoms with Crippen LogP contribution in [0, 0.1) is 17.2 Å². The van der Waals surface area contributed by atoms with Crippen LogP contribution in [0.15, 0.2) is 59.9 Å². The number of hydrogen-bond acceptors (Lipinski definition) is 7. The number of hydrogen-bond donors (Lipinski definition) is 1. The van der Waals surface area contributed by atoms with E-state index in [0.29, 0.717) is 4.90 Å². The molecule has 3 aromatic rings. The maximum Gasteiger partial charge on any atom is 0.224 e. The first-order chi connectivity index (χ1) is 16.8. The number of nitrogens with one attached hydrogen (secondary N) is 1. The maximum atomic E-state index is 11.8. The van der Waals surface area contributed by atoms with Crippen molar-refractivity contribution in [3.63, 3.8) is 0 Å². The van der Waals surface area contributed by atoms with E-state index in [1.54, 1.807) is 54.2 Å². The molecular formula is C26H30N4O3S2. The summed E-state index contributed by atoms with van der Waals surface area (Å²) in [5.74, 6) is 0.290. The van der Waals surface area contributed by atoms with Gasteiger partial charge in [-0.2, -0.15) is 5.26 Å². The third-order valence-electron chi connectivity index (χ3n) is 6.28. The van der Waals surface area contributed by atoms with E-state index >= 15 is 0 Å². The van der Waals surface area contributed by atoms with Gasteiger partial charge in [0.15, 0.2) is 9.84 Å². The zero-order valence-corrected chi connectivity index (χ0v) is 21.2. The molecule has 1 aromatic carbocycles. The van der Waals surface area contributed by atoms with E-state index < -0.39 is 15.4 Å². The molecule has 2 saturated carbocycles. The van der Waals surface area contributed by atoms with Gasteiger partial charge in [0.25, 0.3) is 0 Å². The van der Waals surface area contributed by atoms with Gasteiger partial charge < -0.3 is 5.32 Å². The highest BCUT2D eigenvalue weighted by atomic mass is 32.2. The molecule has 5 rings (SSSR count). The second-order valence-electron chi connectivity index (χ2n) is 9.09. The standard InChI is InChI=1S/C15H12N2O2S2.C11H16N2O.H2/c1-21(18,19)13-6-4-11(5-7-13)14-10-17-15(20-14)12-3-2-8-16-9-12;12-8-11(6-7-11)13-10(14)9-4-2-1-3-5-9;/h2-10H,1H3;9H,1-7H2,(H,13,14);1H. The average Bonchev–Trinajstić information content (AvgIpc) is 3.48. The first kappa shape index (κ1) is 25.0. The topological polar surface area (TPSA) is 113 Å². The number of thiazole rings is 1. The number of benzene rings is 1. The Kier molecular flexibility index (Phi) is 7.63. The van der Waals surface area contributed by atoms with Crippen LogP contribution in [0.2, 0.25) is 0 Å². The summed E-state index contributed by atoms with van der Waals surface area (Å²) in [6.07, 6.45) is 13.8. The maximum absolute atomic E-state index is 11.8. The molecule has 2 heterocycles. The van der Waals surface area contributed by atoms with Crippen molar-refractivity contribution in [2.24, 2.45) is 5.92 Å². The fourth-order valence-corrected chi connectivity index (χ4v) is 5.53. The predicted molar refractivity (Wildman–Crippen MR) is 138 cm³/mol. The first-order valence-electron chi connectivity index (χ1n) is 11.7. The fourth-order valence-electron chi connectivity index (χ4n) is 3.99. The van der Waals surface area contributed by atoms with Crippen molar-refractivity contribution in [1.82, 2.24) is 15.3 Å². The van der Waals surface area contributed by atoms with Crippen molar-refractivity contribution in [3.8, 4) is 27.1 Å². The van der Waals surface area contributed by atoms with E-state index in [2.05, 4.69) is 21.4 Å². The summed E-state index contributed by atoms with van der Waals surface area (Å²) >= 11 is 1.55. The van der Waals surface area contributed by atoms with Crippen LogP contribution < -0.4 is 5.32 Å². The number of carbonyl (C=O) groups excluding carboxylic acids is 1. The van der Waals surface area contributed by atoms with E-state index in [-0.39, 0.29) is 13.3 Å². The van der Waals surface area contributed by atoms with Crippen molar-refractivity contribution in [2.45, 2.75) is 55.4 Å². The third kappa shape index (κ3) is 6.53. The van der Waals surface area contributed by atoms with Gasteiger partial charge in [-0.05, 0) is 55.5 Å². The molecule has 35 heavy (non-hydrogen) atoms. The zero-order chi connectivity index (χ0) is 24.9. The van der Waals surface area contributed by atoms with Crippen molar-refractivity contribution >= 4 is 27.1 Å². The van der Waals surface area contributed by atoms with Crippen molar-refractivity contribution in [3.05, 3.63) is 55.0 Å². The molecule has 2 fully saturated rings. The number of nitrogens with zero attached hydrogens (tertiary/aromatic N) is 3. The van der Waals surface area contributed by atoms with Gasteiger partial charge in [-0.3, -0.25) is 9.78 Å². The molecular weight excluding hydrogens is 480 g/mol.